The fraction of sp³-hybridized carbons (Fsp3) is 0.364. The average molecular weight is 267 g/mol. The second kappa shape index (κ2) is 4.41. The maximum atomic E-state index is 12.0. The van der Waals surface area contributed by atoms with Gasteiger partial charge in [-0.2, -0.15) is 0 Å². The van der Waals surface area contributed by atoms with E-state index in [1.807, 2.05) is 13.8 Å². The van der Waals surface area contributed by atoms with Crippen molar-refractivity contribution in [3.8, 4) is 0 Å². The number of rotatable bonds is 2. The Balaban J connectivity index is 2.30. The molecule has 7 heteroatoms. The molecule has 0 bridgehead atoms. The third-order valence-corrected chi connectivity index (χ3v) is 3.72. The third kappa shape index (κ3) is 2.08. The Morgan fingerprint density at radius 3 is 2.50 bits per heavy atom. The molecule has 0 fully saturated rings. The van der Waals surface area contributed by atoms with Gasteiger partial charge >= 0.3 is 5.63 Å². The van der Waals surface area contributed by atoms with E-state index in [0.29, 0.717) is 10.8 Å². The zero-order chi connectivity index (χ0) is 13.4. The van der Waals surface area contributed by atoms with Gasteiger partial charge in [0.25, 0.3) is 5.91 Å². The molecule has 0 aliphatic carbocycles. The van der Waals surface area contributed by atoms with Gasteiger partial charge in [0.1, 0.15) is 5.56 Å². The standard InChI is InChI=1S/C11H13N3O3S/c1-5-7(3)18-11(12-5)13-9(15)8-6(2)14(4)17-10(8)16/h1-4H3,(H,12,13,15). The average Bonchev–Trinajstić information content (AvgIpc) is 2.69. The lowest BCUT2D eigenvalue weighted by Crippen LogP contribution is -2.19. The molecule has 0 unspecified atom stereocenters. The van der Waals surface area contributed by atoms with E-state index < -0.39 is 11.5 Å². The lowest BCUT2D eigenvalue weighted by molar-refractivity contribution is 0.102. The number of carbonyl (C=O) groups excluding carboxylic acids is 1. The van der Waals surface area contributed by atoms with Gasteiger partial charge in [0, 0.05) is 11.9 Å². The first-order valence-electron chi connectivity index (χ1n) is 5.32. The van der Waals surface area contributed by atoms with Crippen molar-refractivity contribution in [1.29, 1.82) is 0 Å². The van der Waals surface area contributed by atoms with Gasteiger partial charge < -0.3 is 4.52 Å². The van der Waals surface area contributed by atoms with Crippen molar-refractivity contribution in [2.24, 2.45) is 7.05 Å². The molecule has 2 aromatic rings. The van der Waals surface area contributed by atoms with Crippen LogP contribution in [0.4, 0.5) is 5.13 Å². The third-order valence-electron chi connectivity index (χ3n) is 2.73. The van der Waals surface area contributed by atoms with Crippen LogP contribution in [0.3, 0.4) is 0 Å². The van der Waals surface area contributed by atoms with Gasteiger partial charge in [-0.15, -0.1) is 11.3 Å². The summed E-state index contributed by atoms with van der Waals surface area (Å²) in [6, 6.07) is 0. The van der Waals surface area contributed by atoms with Crippen molar-refractivity contribution in [3.05, 3.63) is 32.2 Å². The van der Waals surface area contributed by atoms with Crippen LogP contribution in [0.2, 0.25) is 0 Å². The molecule has 0 saturated heterocycles. The summed E-state index contributed by atoms with van der Waals surface area (Å²) in [6.45, 7) is 5.44. The van der Waals surface area contributed by atoms with Gasteiger partial charge in [-0.3, -0.25) is 10.1 Å². The SMILES string of the molecule is Cc1nc(NC(=O)c2c(C)n(C)oc2=O)sc1C. The summed E-state index contributed by atoms with van der Waals surface area (Å²) in [7, 11) is 1.57. The molecule has 0 spiro atoms. The summed E-state index contributed by atoms with van der Waals surface area (Å²) in [5.41, 5.74) is 0.732. The number of nitrogens with zero attached hydrogens (tertiary/aromatic N) is 2. The second-order valence-electron chi connectivity index (χ2n) is 3.95. The first-order valence-corrected chi connectivity index (χ1v) is 6.14. The predicted molar refractivity (Wildman–Crippen MR) is 68.2 cm³/mol. The van der Waals surface area contributed by atoms with Crippen molar-refractivity contribution >= 4 is 22.4 Å². The van der Waals surface area contributed by atoms with Gasteiger partial charge in [0.2, 0.25) is 0 Å². The lowest BCUT2D eigenvalue weighted by Gasteiger charge is -1.98. The van der Waals surface area contributed by atoms with E-state index in [1.54, 1.807) is 14.0 Å². The molecule has 0 atom stereocenters. The maximum absolute atomic E-state index is 12.0. The van der Waals surface area contributed by atoms with Crippen LogP contribution < -0.4 is 10.9 Å². The van der Waals surface area contributed by atoms with E-state index in [1.165, 1.54) is 16.1 Å². The molecule has 6 nitrogen and oxygen atoms in total. The highest BCUT2D eigenvalue weighted by Crippen LogP contribution is 2.21. The number of hydrogen-bond acceptors (Lipinski definition) is 5. The monoisotopic (exact) mass is 267 g/mol. The minimum atomic E-state index is -0.641. The summed E-state index contributed by atoms with van der Waals surface area (Å²) in [5.74, 6) is -0.490. The normalized spacial score (nSPS) is 10.7. The summed E-state index contributed by atoms with van der Waals surface area (Å²) in [4.78, 5) is 28.7. The van der Waals surface area contributed by atoms with Crippen LogP contribution in [0.25, 0.3) is 0 Å². The summed E-state index contributed by atoms with van der Waals surface area (Å²) in [6.07, 6.45) is 0. The molecule has 1 N–H and O–H groups in total. The fourth-order valence-corrected chi connectivity index (χ4v) is 2.30. The van der Waals surface area contributed by atoms with Gasteiger partial charge in [-0.1, -0.05) is 0 Å². The number of aromatic nitrogens is 2. The number of carbonyl (C=O) groups is 1. The molecule has 0 aromatic carbocycles. The fourth-order valence-electron chi connectivity index (χ4n) is 1.49. The zero-order valence-electron chi connectivity index (χ0n) is 10.5. The molecule has 0 aliphatic heterocycles. The van der Waals surface area contributed by atoms with Crippen molar-refractivity contribution in [3.63, 3.8) is 0 Å². The summed E-state index contributed by atoms with van der Waals surface area (Å²) in [5, 5.41) is 3.09. The highest BCUT2D eigenvalue weighted by atomic mass is 32.1. The summed E-state index contributed by atoms with van der Waals surface area (Å²) < 4.78 is 6.09. The van der Waals surface area contributed by atoms with Crippen LogP contribution in [0.5, 0.6) is 0 Å². The van der Waals surface area contributed by atoms with Gasteiger partial charge in [0.15, 0.2) is 5.13 Å². The quantitative estimate of drug-likeness (QED) is 0.896. The van der Waals surface area contributed by atoms with E-state index in [4.69, 9.17) is 4.52 Å². The first kappa shape index (κ1) is 12.6. The molecule has 2 aromatic heterocycles. The number of nitrogens with one attached hydrogen (secondary N) is 1. The molecule has 2 rings (SSSR count). The predicted octanol–water partition coefficient (Wildman–Crippen LogP) is 1.61. The Hall–Kier alpha value is -1.89. The largest absolute Gasteiger partial charge is 0.370 e. The number of hydrogen-bond donors (Lipinski definition) is 1. The Kier molecular flexibility index (Phi) is 3.08. The molecule has 2 heterocycles. The van der Waals surface area contributed by atoms with Gasteiger partial charge in [-0.25, -0.2) is 14.5 Å². The topological polar surface area (TPSA) is 77.1 Å². The van der Waals surface area contributed by atoms with Gasteiger partial charge in [0.05, 0.1) is 11.4 Å². The van der Waals surface area contributed by atoms with Crippen LogP contribution in [-0.2, 0) is 7.05 Å². The van der Waals surface area contributed by atoms with E-state index in [2.05, 4.69) is 10.3 Å². The van der Waals surface area contributed by atoms with Crippen molar-refractivity contribution in [2.75, 3.05) is 5.32 Å². The molecule has 96 valence electrons. The molecule has 0 aliphatic rings. The Morgan fingerprint density at radius 2 is 2.06 bits per heavy atom. The van der Waals surface area contributed by atoms with E-state index in [-0.39, 0.29) is 5.56 Å². The smallest absolute Gasteiger partial charge is 0.336 e. The van der Waals surface area contributed by atoms with E-state index >= 15 is 0 Å². The van der Waals surface area contributed by atoms with E-state index in [9.17, 15) is 9.59 Å². The second-order valence-corrected chi connectivity index (χ2v) is 5.15. The molecule has 0 radical (unpaired) electrons. The van der Waals surface area contributed by atoms with Crippen molar-refractivity contribution < 1.29 is 9.32 Å². The van der Waals surface area contributed by atoms with Crippen LogP contribution in [0.15, 0.2) is 9.32 Å². The minimum Gasteiger partial charge on any atom is -0.336 e. The first-order chi connectivity index (χ1) is 8.40. The Morgan fingerprint density at radius 1 is 1.39 bits per heavy atom. The Labute approximate surface area is 107 Å². The van der Waals surface area contributed by atoms with Crippen LogP contribution in [0, 0.1) is 20.8 Å². The van der Waals surface area contributed by atoms with Crippen molar-refractivity contribution in [1.82, 2.24) is 9.72 Å². The molecule has 0 saturated carbocycles. The zero-order valence-corrected chi connectivity index (χ0v) is 11.3. The van der Waals surface area contributed by atoms with Gasteiger partial charge in [-0.05, 0) is 20.8 Å². The molecule has 18 heavy (non-hydrogen) atoms. The minimum absolute atomic E-state index is 0.0167. The number of aryl methyl sites for hydroxylation is 3. The highest BCUT2D eigenvalue weighted by Gasteiger charge is 2.20. The van der Waals surface area contributed by atoms with Crippen LogP contribution in [0.1, 0.15) is 26.6 Å². The molecular weight excluding hydrogens is 254 g/mol. The molecule has 1 amide bonds. The molecular formula is C11H13N3O3S. The lowest BCUT2D eigenvalue weighted by atomic mass is 10.2. The van der Waals surface area contributed by atoms with Crippen molar-refractivity contribution in [2.45, 2.75) is 20.8 Å². The maximum Gasteiger partial charge on any atom is 0.370 e. The van der Waals surface area contributed by atoms with Crippen LogP contribution in [-0.4, -0.2) is 15.6 Å². The summed E-state index contributed by atoms with van der Waals surface area (Å²) >= 11 is 1.37. The number of amides is 1. The van der Waals surface area contributed by atoms with E-state index in [0.717, 1.165) is 10.6 Å². The number of anilines is 1. The Bertz CT molecular complexity index is 646. The highest BCUT2D eigenvalue weighted by molar-refractivity contribution is 7.15. The van der Waals surface area contributed by atoms with Crippen LogP contribution >= 0.6 is 11.3 Å². The number of thiazole rings is 1.